The summed E-state index contributed by atoms with van der Waals surface area (Å²) in [7, 11) is 0. The second-order valence-electron chi connectivity index (χ2n) is 21.1. The Morgan fingerprint density at radius 3 is 0.673 bits per heavy atom. The SMILES string of the molecule is Fc1cc(F)c(C2=c3ccc([nH]3)=C(c3c(F)c(F)c(F)c(F)c3F)c3ccc([nH]3)C(c3c(F)c(F)c(F)c(F)c3F)=C3C=CC(=N3)C(c3c(F)cc(F)cc3F)=c3ccc([nH]3)=C(c3c(F)c(F)c(F)c(F)c3F)c3ccc([nH]3)C(c3c(F)c(F)c(F)c(F)c3F)=C3C=CC2=N3)c(F)c1. The van der Waals surface area contributed by atoms with Gasteiger partial charge < -0.3 is 19.9 Å². The number of rotatable bonds is 6. The lowest BCUT2D eigenvalue weighted by molar-refractivity contribution is 0.376. The highest BCUT2D eigenvalue weighted by atomic mass is 19.2. The summed E-state index contributed by atoms with van der Waals surface area (Å²) in [6.07, 6.45) is 2.48. The average molecular weight is 1390 g/mol. The van der Waals surface area contributed by atoms with E-state index in [9.17, 15) is 26.3 Å². The lowest BCUT2D eigenvalue weighted by Crippen LogP contribution is -2.22. The second-order valence-corrected chi connectivity index (χ2v) is 21.1. The van der Waals surface area contributed by atoms with Crippen molar-refractivity contribution in [1.82, 2.24) is 19.9 Å². The van der Waals surface area contributed by atoms with E-state index < -0.39 is 285 Å². The number of hydrogen-bond donors (Lipinski definition) is 4. The third-order valence-electron chi connectivity index (χ3n) is 15.6. The molecule has 0 unspecified atom stereocenters. The minimum Gasteiger partial charge on any atom is -0.354 e. The molecule has 0 fully saturated rings. The Labute approximate surface area is 524 Å². The Morgan fingerprint density at radius 1 is 0.204 bits per heavy atom. The molecule has 32 heteroatoms. The van der Waals surface area contributed by atoms with Gasteiger partial charge in [-0.2, -0.15) is 0 Å². The zero-order valence-electron chi connectivity index (χ0n) is 47.0. The van der Waals surface area contributed by atoms with E-state index in [0.717, 1.165) is 0 Å². The maximum absolute atomic E-state index is 16.5. The van der Waals surface area contributed by atoms with Crippen LogP contribution in [0.25, 0.3) is 33.4 Å². The van der Waals surface area contributed by atoms with Gasteiger partial charge in [0.2, 0.25) is 23.3 Å². The maximum Gasteiger partial charge on any atom is 0.200 e. The third-order valence-corrected chi connectivity index (χ3v) is 15.6. The smallest absolute Gasteiger partial charge is 0.200 e. The molecule has 4 N–H and O–H groups in total. The molecule has 98 heavy (non-hydrogen) atoms. The highest BCUT2D eigenvalue weighted by molar-refractivity contribution is 6.31. The van der Waals surface area contributed by atoms with E-state index in [1.54, 1.807) is 0 Å². The van der Waals surface area contributed by atoms with Gasteiger partial charge in [-0.05, 0) is 72.8 Å². The molecule has 6 aromatic carbocycles. The minimum absolute atomic E-state index is 0.0257. The van der Waals surface area contributed by atoms with Crippen LogP contribution in [0.2, 0.25) is 0 Å². The molecule has 10 aromatic rings. The van der Waals surface area contributed by atoms with E-state index in [0.29, 0.717) is 72.8 Å². The molecule has 0 spiro atoms. The largest absolute Gasteiger partial charge is 0.354 e. The number of H-pyrrole nitrogens is 4. The monoisotopic (exact) mass is 1390 g/mol. The van der Waals surface area contributed by atoms with Gasteiger partial charge in [-0.25, -0.2) is 124 Å². The van der Waals surface area contributed by atoms with Gasteiger partial charge in [0.05, 0.1) is 56.2 Å². The zero-order chi connectivity index (χ0) is 70.4. The Hall–Kier alpha value is -11.6. The second kappa shape index (κ2) is 23.6. The van der Waals surface area contributed by atoms with Crippen LogP contribution >= 0.6 is 0 Å². The first-order valence-electron chi connectivity index (χ1n) is 27.1. The van der Waals surface area contributed by atoms with Gasteiger partial charge in [-0.3, -0.25) is 0 Å². The quantitative estimate of drug-likeness (QED) is 0.0726. The Bertz CT molecular complexity index is 5260. The molecule has 12 bridgehead atoms. The van der Waals surface area contributed by atoms with E-state index in [2.05, 4.69) is 29.9 Å². The molecule has 0 radical (unpaired) electrons. The van der Waals surface area contributed by atoms with Gasteiger partial charge in [0.1, 0.15) is 34.9 Å². The molecule has 0 atom stereocenters. The standard InChI is InChI=1S/C66H20F26N6/c67-17-13-19(69)35(20(70)14-17)37-23-1-5-27(93-23)39(43-47(73)55(81)63(89)56(82)48(43)74)31-9-10-32(97-31)41(45-51(77)59(85)65(91)60(86)52(45)78)29-7-3-25(95-29)38(36-21(71)15-18(68)16-22(36)72)26-4-8-30(96-26)42(46-53(79)61(87)66(92)62(88)54(46)80)34-12-11-33(98-34)40(28-6-2-24(37)94-28)44-49(75)57(83)64(90)58(84)50(44)76/h1-16,93,96-98H. The average Bonchev–Trinajstić information content (AvgIpc) is 1.55. The van der Waals surface area contributed by atoms with Crippen molar-refractivity contribution in [2.24, 2.45) is 9.98 Å². The number of halogens is 26. The normalized spacial score (nSPS) is 14.1. The fourth-order valence-electron chi connectivity index (χ4n) is 11.3. The van der Waals surface area contributed by atoms with Gasteiger partial charge in [-0.1, -0.05) is 0 Å². The van der Waals surface area contributed by atoms with Crippen LogP contribution in [0, 0.1) is 151 Å². The van der Waals surface area contributed by atoms with Crippen molar-refractivity contribution >= 4 is 44.9 Å². The summed E-state index contributed by atoms with van der Waals surface area (Å²) in [6, 6.07) is 5.04. The fraction of sp³-hybridized carbons (Fsp3) is 0. The Balaban J connectivity index is 1.26. The van der Waals surface area contributed by atoms with Crippen molar-refractivity contribution in [3.8, 4) is 0 Å². The van der Waals surface area contributed by atoms with Crippen molar-refractivity contribution in [3.05, 3.63) is 337 Å². The number of allylic oxidation sites excluding steroid dienone is 4. The highest BCUT2D eigenvalue weighted by Crippen LogP contribution is 2.42. The van der Waals surface area contributed by atoms with Crippen LogP contribution in [-0.2, 0) is 0 Å². The molecular weight excluding hydrogens is 1370 g/mol. The molecule has 4 aromatic heterocycles. The molecule has 0 aliphatic carbocycles. The van der Waals surface area contributed by atoms with Gasteiger partial charge in [-0.15, -0.1) is 0 Å². The summed E-state index contributed by atoms with van der Waals surface area (Å²) in [6.45, 7) is 0. The summed E-state index contributed by atoms with van der Waals surface area (Å²) < 4.78 is 410. The van der Waals surface area contributed by atoms with E-state index >= 15 is 87.8 Å². The number of fused-ring (bicyclic) bond motifs is 10. The van der Waals surface area contributed by atoms with Crippen LogP contribution in [0.1, 0.15) is 56.2 Å². The van der Waals surface area contributed by atoms with Crippen LogP contribution in [-0.4, -0.2) is 31.4 Å². The maximum atomic E-state index is 16.5. The van der Waals surface area contributed by atoms with E-state index in [4.69, 9.17) is 0 Å². The number of aromatic nitrogens is 4. The van der Waals surface area contributed by atoms with Gasteiger partial charge in [0, 0.05) is 102 Å². The molecule has 0 amide bonds. The summed E-state index contributed by atoms with van der Waals surface area (Å²) in [4.78, 5) is 17.5. The van der Waals surface area contributed by atoms with E-state index in [1.165, 1.54) is 0 Å². The first-order valence-corrected chi connectivity index (χ1v) is 27.1. The molecule has 13 rings (SSSR count). The Kier molecular flexibility index (Phi) is 15.7. The summed E-state index contributed by atoms with van der Waals surface area (Å²) in [5.41, 5.74) is -26.6. The molecule has 3 aliphatic rings. The van der Waals surface area contributed by atoms with Crippen molar-refractivity contribution in [2.45, 2.75) is 0 Å². The van der Waals surface area contributed by atoms with Crippen molar-refractivity contribution in [2.75, 3.05) is 0 Å². The molecule has 7 heterocycles. The van der Waals surface area contributed by atoms with Crippen LogP contribution in [0.15, 0.2) is 118 Å². The third kappa shape index (κ3) is 9.99. The Morgan fingerprint density at radius 2 is 0.418 bits per heavy atom. The van der Waals surface area contributed by atoms with Crippen LogP contribution in [0.3, 0.4) is 0 Å². The van der Waals surface area contributed by atoms with Gasteiger partial charge >= 0.3 is 0 Å². The van der Waals surface area contributed by atoms with E-state index in [1.807, 2.05) is 0 Å². The number of aliphatic imine (C=N–C) groups is 2. The minimum atomic E-state index is -2.80. The predicted molar refractivity (Wildman–Crippen MR) is 293 cm³/mol. The van der Waals surface area contributed by atoms with Crippen LogP contribution in [0.4, 0.5) is 114 Å². The van der Waals surface area contributed by atoms with Crippen molar-refractivity contribution < 1.29 is 114 Å². The number of nitrogens with one attached hydrogen (secondary N) is 4. The lowest BCUT2D eigenvalue weighted by Gasteiger charge is -2.14. The topological polar surface area (TPSA) is 87.9 Å². The van der Waals surface area contributed by atoms with Crippen molar-refractivity contribution in [3.63, 3.8) is 0 Å². The summed E-state index contributed by atoms with van der Waals surface area (Å²) in [5, 5.41) is -3.75. The van der Waals surface area contributed by atoms with Crippen LogP contribution < -0.4 is 21.4 Å². The fourth-order valence-corrected chi connectivity index (χ4v) is 11.3. The lowest BCUT2D eigenvalue weighted by atomic mass is 9.98. The molecule has 0 saturated heterocycles. The van der Waals surface area contributed by atoms with Gasteiger partial charge in [0.25, 0.3) is 0 Å². The zero-order valence-corrected chi connectivity index (χ0v) is 47.0. The van der Waals surface area contributed by atoms with Gasteiger partial charge in [0.15, 0.2) is 93.1 Å². The first kappa shape index (κ1) is 65.1. The molecule has 3 aliphatic heterocycles. The summed E-state index contributed by atoms with van der Waals surface area (Å²) >= 11 is 0. The highest BCUT2D eigenvalue weighted by Gasteiger charge is 2.38. The molecule has 496 valence electrons. The first-order chi connectivity index (χ1) is 46.4. The predicted octanol–water partition coefficient (Wildman–Crippen LogP) is 14.8. The number of aromatic amines is 4. The van der Waals surface area contributed by atoms with E-state index in [-0.39, 0.29) is 24.3 Å². The molecular formula is C66H20F26N6. The van der Waals surface area contributed by atoms with Crippen LogP contribution in [0.5, 0.6) is 0 Å². The number of benzene rings is 6. The van der Waals surface area contributed by atoms with Crippen molar-refractivity contribution in [1.29, 1.82) is 0 Å². The summed E-state index contributed by atoms with van der Waals surface area (Å²) in [5.74, 6) is -65.3. The number of hydrogen-bond acceptors (Lipinski definition) is 2. The molecule has 0 saturated carbocycles. The molecule has 6 nitrogen and oxygen atoms in total. The number of nitrogens with zero attached hydrogens (tertiary/aromatic N) is 2.